The van der Waals surface area contributed by atoms with Gasteiger partial charge in [-0.2, -0.15) is 0 Å². The van der Waals surface area contributed by atoms with Crippen LogP contribution in [0.25, 0.3) is 0 Å². The number of sulfonamides is 1. The van der Waals surface area contributed by atoms with Crippen LogP contribution in [0.4, 0.5) is 0 Å². The molecule has 1 aliphatic carbocycles. The number of benzene rings is 2. The van der Waals surface area contributed by atoms with Gasteiger partial charge in [0, 0.05) is 12.0 Å². The third kappa shape index (κ3) is 4.37. The number of hydrogen-bond donors (Lipinski definition) is 1. The van der Waals surface area contributed by atoms with Crippen molar-refractivity contribution in [3.8, 4) is 11.5 Å². The van der Waals surface area contributed by atoms with Crippen molar-refractivity contribution in [2.75, 3.05) is 26.5 Å². The molecule has 0 spiro atoms. The fraction of sp³-hybridized carbons (Fsp3) is 0.400. The van der Waals surface area contributed by atoms with Crippen LogP contribution in [0.15, 0.2) is 48.5 Å². The van der Waals surface area contributed by atoms with Crippen molar-refractivity contribution >= 4 is 10.0 Å². The molecule has 0 bridgehead atoms. The van der Waals surface area contributed by atoms with Crippen molar-refractivity contribution in [3.63, 3.8) is 0 Å². The summed E-state index contributed by atoms with van der Waals surface area (Å²) in [4.78, 5) is 0. The summed E-state index contributed by atoms with van der Waals surface area (Å²) in [6.45, 7) is 0.416. The molecule has 1 saturated carbocycles. The fourth-order valence-corrected chi connectivity index (χ4v) is 4.25. The predicted molar refractivity (Wildman–Crippen MR) is 102 cm³/mol. The van der Waals surface area contributed by atoms with Crippen LogP contribution in [-0.4, -0.2) is 34.9 Å². The highest BCUT2D eigenvalue weighted by Gasteiger charge is 2.45. The van der Waals surface area contributed by atoms with Gasteiger partial charge in [-0.05, 0) is 42.5 Å². The SMILES string of the molecule is COc1ccc(C2(CNS(=O)(=O)CCc3ccccc3)CC2)cc1OC. The minimum Gasteiger partial charge on any atom is -0.493 e. The van der Waals surface area contributed by atoms with Crippen LogP contribution >= 0.6 is 0 Å². The lowest BCUT2D eigenvalue weighted by Gasteiger charge is -2.18. The van der Waals surface area contributed by atoms with Crippen molar-refractivity contribution < 1.29 is 17.9 Å². The number of methoxy groups -OCH3 is 2. The Morgan fingerprint density at radius 2 is 1.69 bits per heavy atom. The van der Waals surface area contributed by atoms with Gasteiger partial charge in [0.05, 0.1) is 20.0 Å². The first-order chi connectivity index (χ1) is 12.5. The lowest BCUT2D eigenvalue weighted by molar-refractivity contribution is 0.354. The van der Waals surface area contributed by atoms with Gasteiger partial charge in [-0.15, -0.1) is 0 Å². The van der Waals surface area contributed by atoms with E-state index in [-0.39, 0.29) is 11.2 Å². The first-order valence-electron chi connectivity index (χ1n) is 8.72. The smallest absolute Gasteiger partial charge is 0.211 e. The maximum absolute atomic E-state index is 12.4. The quantitative estimate of drug-likeness (QED) is 0.732. The molecule has 2 aromatic carbocycles. The van der Waals surface area contributed by atoms with Crippen LogP contribution in [0, 0.1) is 0 Å². The Morgan fingerprint density at radius 1 is 1.00 bits per heavy atom. The van der Waals surface area contributed by atoms with Crippen molar-refractivity contribution in [3.05, 3.63) is 59.7 Å². The van der Waals surface area contributed by atoms with Crippen LogP contribution in [0.1, 0.15) is 24.0 Å². The van der Waals surface area contributed by atoms with Gasteiger partial charge in [-0.1, -0.05) is 36.4 Å². The second-order valence-corrected chi connectivity index (χ2v) is 8.65. The topological polar surface area (TPSA) is 64.6 Å². The molecule has 1 fully saturated rings. The van der Waals surface area contributed by atoms with Crippen molar-refractivity contribution in [1.29, 1.82) is 0 Å². The fourth-order valence-electron chi connectivity index (χ4n) is 3.10. The van der Waals surface area contributed by atoms with Gasteiger partial charge in [0.25, 0.3) is 0 Å². The molecule has 0 radical (unpaired) electrons. The first-order valence-corrected chi connectivity index (χ1v) is 10.4. The van der Waals surface area contributed by atoms with Crippen LogP contribution in [0.3, 0.4) is 0 Å². The van der Waals surface area contributed by atoms with E-state index >= 15 is 0 Å². The van der Waals surface area contributed by atoms with Gasteiger partial charge in [0.2, 0.25) is 10.0 Å². The molecule has 6 heteroatoms. The molecule has 0 heterocycles. The second kappa shape index (κ2) is 7.68. The first kappa shape index (κ1) is 18.7. The van der Waals surface area contributed by atoms with E-state index in [0.29, 0.717) is 24.5 Å². The zero-order valence-corrected chi connectivity index (χ0v) is 16.0. The Balaban J connectivity index is 1.63. The average Bonchev–Trinajstić information content (AvgIpc) is 3.46. The molecule has 26 heavy (non-hydrogen) atoms. The number of aryl methyl sites for hydroxylation is 1. The summed E-state index contributed by atoms with van der Waals surface area (Å²) in [6.07, 6.45) is 2.44. The maximum atomic E-state index is 12.4. The van der Waals surface area contributed by atoms with Gasteiger partial charge in [0.1, 0.15) is 0 Å². The lowest BCUT2D eigenvalue weighted by atomic mass is 9.96. The molecule has 0 aromatic heterocycles. The van der Waals surface area contributed by atoms with E-state index in [2.05, 4.69) is 4.72 Å². The Kier molecular flexibility index (Phi) is 5.53. The zero-order valence-electron chi connectivity index (χ0n) is 15.2. The molecular weight excluding hydrogens is 350 g/mol. The molecular formula is C20H25NO4S. The van der Waals surface area contributed by atoms with E-state index in [1.807, 2.05) is 48.5 Å². The van der Waals surface area contributed by atoms with Crippen molar-refractivity contribution in [2.24, 2.45) is 0 Å². The van der Waals surface area contributed by atoms with Crippen molar-refractivity contribution in [2.45, 2.75) is 24.7 Å². The number of nitrogens with one attached hydrogen (secondary N) is 1. The third-order valence-corrected chi connectivity index (χ3v) is 6.31. The van der Waals surface area contributed by atoms with Crippen molar-refractivity contribution in [1.82, 2.24) is 4.72 Å². The van der Waals surface area contributed by atoms with E-state index in [4.69, 9.17) is 9.47 Å². The van der Waals surface area contributed by atoms with E-state index in [0.717, 1.165) is 24.0 Å². The van der Waals surface area contributed by atoms with Crippen LogP contribution in [0.5, 0.6) is 11.5 Å². The van der Waals surface area contributed by atoms with Gasteiger partial charge < -0.3 is 9.47 Å². The highest BCUT2D eigenvalue weighted by atomic mass is 32.2. The molecule has 1 N–H and O–H groups in total. The third-order valence-electron chi connectivity index (χ3n) is 4.98. The Morgan fingerprint density at radius 3 is 2.31 bits per heavy atom. The predicted octanol–water partition coefficient (Wildman–Crippen LogP) is 2.90. The van der Waals surface area contributed by atoms with E-state index in [9.17, 15) is 8.42 Å². The maximum Gasteiger partial charge on any atom is 0.211 e. The van der Waals surface area contributed by atoms with E-state index in [1.165, 1.54) is 0 Å². The monoisotopic (exact) mass is 375 g/mol. The standard InChI is InChI=1S/C20H25NO4S/c1-24-18-9-8-17(14-19(18)25-2)20(11-12-20)15-21-26(22,23)13-10-16-6-4-3-5-7-16/h3-9,14,21H,10-13,15H2,1-2H3. The van der Waals surface area contributed by atoms with E-state index in [1.54, 1.807) is 14.2 Å². The average molecular weight is 375 g/mol. The molecule has 0 unspecified atom stereocenters. The summed E-state index contributed by atoms with van der Waals surface area (Å²) in [5.41, 5.74) is 1.97. The summed E-state index contributed by atoms with van der Waals surface area (Å²) < 4.78 is 38.2. The van der Waals surface area contributed by atoms with E-state index < -0.39 is 10.0 Å². The highest BCUT2D eigenvalue weighted by molar-refractivity contribution is 7.89. The Bertz CT molecular complexity index is 845. The molecule has 0 saturated heterocycles. The molecule has 1 aliphatic rings. The molecule has 0 amide bonds. The van der Waals surface area contributed by atoms with Gasteiger partial charge in [0.15, 0.2) is 11.5 Å². The Hall–Kier alpha value is -2.05. The molecule has 3 rings (SSSR count). The molecule has 5 nitrogen and oxygen atoms in total. The highest BCUT2D eigenvalue weighted by Crippen LogP contribution is 2.49. The normalized spacial score (nSPS) is 15.5. The summed E-state index contributed by atoms with van der Waals surface area (Å²) >= 11 is 0. The zero-order chi connectivity index (χ0) is 18.6. The minimum atomic E-state index is -3.32. The van der Waals surface area contributed by atoms with Gasteiger partial charge >= 0.3 is 0 Å². The summed E-state index contributed by atoms with van der Waals surface area (Å²) in [5, 5.41) is 0. The summed E-state index contributed by atoms with van der Waals surface area (Å²) in [7, 11) is -0.108. The number of hydrogen-bond acceptors (Lipinski definition) is 4. The van der Waals surface area contributed by atoms with Crippen LogP contribution < -0.4 is 14.2 Å². The number of rotatable bonds is 9. The molecule has 0 aliphatic heterocycles. The summed E-state index contributed by atoms with van der Waals surface area (Å²) in [6, 6.07) is 15.5. The molecule has 140 valence electrons. The van der Waals surface area contributed by atoms with Crippen LogP contribution in [0.2, 0.25) is 0 Å². The molecule has 2 aromatic rings. The second-order valence-electron chi connectivity index (χ2n) is 6.73. The number of ether oxygens (including phenoxy) is 2. The summed E-state index contributed by atoms with van der Waals surface area (Å²) in [5.74, 6) is 1.44. The van der Waals surface area contributed by atoms with Gasteiger partial charge in [-0.25, -0.2) is 13.1 Å². The van der Waals surface area contributed by atoms with Crippen LogP contribution in [-0.2, 0) is 21.9 Å². The molecule has 0 atom stereocenters. The largest absolute Gasteiger partial charge is 0.493 e. The Labute approximate surface area is 155 Å². The van der Waals surface area contributed by atoms with Gasteiger partial charge in [-0.3, -0.25) is 0 Å². The minimum absolute atomic E-state index is 0.0963. The lowest BCUT2D eigenvalue weighted by Crippen LogP contribution is -2.34.